The molecular weight excluding hydrogens is 474 g/mol. The first-order valence-corrected chi connectivity index (χ1v) is 14.0. The van der Waals surface area contributed by atoms with Crippen LogP contribution in [0.15, 0.2) is 50.8 Å². The van der Waals surface area contributed by atoms with Gasteiger partial charge in [-0.25, -0.2) is 0 Å². The second-order valence-corrected chi connectivity index (χ2v) is 11.1. The van der Waals surface area contributed by atoms with E-state index in [9.17, 15) is 14.7 Å². The van der Waals surface area contributed by atoms with Crippen LogP contribution in [-0.2, 0) is 27.5 Å². The van der Waals surface area contributed by atoms with Gasteiger partial charge in [0.05, 0.1) is 31.1 Å². The number of fused-ring (bicyclic) bond motifs is 3. The van der Waals surface area contributed by atoms with E-state index < -0.39 is 0 Å². The lowest BCUT2D eigenvalue weighted by atomic mass is 9.69. The fourth-order valence-corrected chi connectivity index (χ4v) is 6.95. The van der Waals surface area contributed by atoms with Crippen molar-refractivity contribution in [1.29, 1.82) is 0 Å². The lowest BCUT2D eigenvalue weighted by molar-refractivity contribution is -0.140. The number of nitrogens with zero attached hydrogens (tertiary/aromatic N) is 1. The molecule has 0 radical (unpaired) electrons. The van der Waals surface area contributed by atoms with Gasteiger partial charge >= 0.3 is 0 Å². The Morgan fingerprint density at radius 2 is 2.03 bits per heavy atom. The van der Waals surface area contributed by atoms with Crippen molar-refractivity contribution >= 4 is 29.2 Å². The third kappa shape index (κ3) is 4.76. The summed E-state index contributed by atoms with van der Waals surface area (Å²) >= 11 is 1.58. The molecule has 4 atom stereocenters. The zero-order chi connectivity index (χ0) is 25.2. The van der Waals surface area contributed by atoms with Gasteiger partial charge < -0.3 is 14.3 Å². The molecule has 4 heterocycles. The lowest BCUT2D eigenvalue weighted by Gasteiger charge is -2.31. The number of imide groups is 1. The van der Waals surface area contributed by atoms with Crippen molar-refractivity contribution in [2.24, 2.45) is 17.8 Å². The molecule has 1 aliphatic carbocycles. The van der Waals surface area contributed by atoms with Crippen LogP contribution < -0.4 is 0 Å². The number of allylic oxidation sites excluding steroid dienone is 2. The molecule has 0 saturated carbocycles. The van der Waals surface area contributed by atoms with Gasteiger partial charge in [-0.2, -0.15) is 0 Å². The van der Waals surface area contributed by atoms with Crippen molar-refractivity contribution in [1.82, 2.24) is 4.90 Å². The molecule has 0 spiro atoms. The van der Waals surface area contributed by atoms with Crippen LogP contribution in [0.1, 0.15) is 68.8 Å². The Kier molecular flexibility index (Phi) is 7.60. The molecule has 0 aromatic carbocycles. The summed E-state index contributed by atoms with van der Waals surface area (Å²) in [6, 6.07) is 7.64. The topological polar surface area (TPSA) is 80.0 Å². The van der Waals surface area contributed by atoms with Crippen LogP contribution >= 0.6 is 11.3 Å². The van der Waals surface area contributed by atoms with Crippen molar-refractivity contribution in [3.63, 3.8) is 0 Å². The van der Waals surface area contributed by atoms with Crippen molar-refractivity contribution in [2.45, 2.75) is 71.6 Å². The van der Waals surface area contributed by atoms with Gasteiger partial charge in [0.15, 0.2) is 0 Å². The molecule has 2 amide bonds. The summed E-state index contributed by atoms with van der Waals surface area (Å²) in [6.07, 6.45) is 7.38. The number of carbonyl (C=O) groups is 2. The van der Waals surface area contributed by atoms with Crippen LogP contribution in [0.2, 0.25) is 0 Å². The molecule has 0 bridgehead atoms. The number of ether oxygens (including phenoxy) is 1. The highest BCUT2D eigenvalue weighted by atomic mass is 32.1. The maximum atomic E-state index is 13.5. The van der Waals surface area contributed by atoms with Gasteiger partial charge in [0.25, 0.3) is 0 Å². The number of carbonyl (C=O) groups excluding carboxylic acids is 2. The summed E-state index contributed by atoms with van der Waals surface area (Å²) in [6.45, 7) is 5.11. The minimum atomic E-state index is -0.293. The molecule has 36 heavy (non-hydrogen) atoms. The molecule has 192 valence electrons. The van der Waals surface area contributed by atoms with Crippen LogP contribution in [0, 0.1) is 17.8 Å². The quantitative estimate of drug-likeness (QED) is 0.327. The Bertz CT molecular complexity index is 1160. The first-order chi connectivity index (χ1) is 17.5. The van der Waals surface area contributed by atoms with Crippen LogP contribution in [0.25, 0.3) is 6.08 Å². The number of aliphatic hydroxyl groups excluding tert-OH is 1. The van der Waals surface area contributed by atoms with Crippen molar-refractivity contribution in [2.75, 3.05) is 6.61 Å². The highest BCUT2D eigenvalue weighted by molar-refractivity contribution is 7.09. The van der Waals surface area contributed by atoms with E-state index in [0.717, 1.165) is 42.7 Å². The normalized spacial score (nSPS) is 26.2. The van der Waals surface area contributed by atoms with E-state index in [1.54, 1.807) is 17.4 Å². The Morgan fingerprint density at radius 3 is 2.72 bits per heavy atom. The second kappa shape index (κ2) is 10.9. The molecule has 5 rings (SSSR count). The number of rotatable bonds is 10. The molecule has 2 aliphatic heterocycles. The van der Waals surface area contributed by atoms with Gasteiger partial charge in [-0.05, 0) is 67.3 Å². The fraction of sp³-hybridized carbons (Fsp3) is 0.517. The summed E-state index contributed by atoms with van der Waals surface area (Å²) in [4.78, 5) is 29.3. The summed E-state index contributed by atoms with van der Waals surface area (Å²) in [7, 11) is 0. The van der Waals surface area contributed by atoms with Gasteiger partial charge in [-0.3, -0.25) is 14.5 Å². The second-order valence-electron chi connectivity index (χ2n) is 10.1. The predicted octanol–water partition coefficient (Wildman–Crippen LogP) is 5.72. The molecule has 2 saturated heterocycles. The fourth-order valence-electron chi connectivity index (χ4n) is 6.26. The van der Waals surface area contributed by atoms with Gasteiger partial charge in [0, 0.05) is 10.8 Å². The van der Waals surface area contributed by atoms with Gasteiger partial charge in [0.2, 0.25) is 11.8 Å². The van der Waals surface area contributed by atoms with E-state index >= 15 is 0 Å². The van der Waals surface area contributed by atoms with Crippen LogP contribution in [0.3, 0.4) is 0 Å². The van der Waals surface area contributed by atoms with E-state index in [1.807, 2.05) is 23.6 Å². The molecule has 0 unspecified atom stereocenters. The monoisotopic (exact) mass is 509 g/mol. The van der Waals surface area contributed by atoms with Crippen molar-refractivity contribution in [3.8, 4) is 0 Å². The zero-order valence-electron chi connectivity index (χ0n) is 21.1. The summed E-state index contributed by atoms with van der Waals surface area (Å²) in [5, 5.41) is 11.3. The first kappa shape index (κ1) is 25.2. The largest absolute Gasteiger partial charge is 0.459 e. The zero-order valence-corrected chi connectivity index (χ0v) is 21.9. The van der Waals surface area contributed by atoms with E-state index in [4.69, 9.17) is 9.15 Å². The smallest absolute Gasteiger partial charge is 0.234 e. The predicted molar refractivity (Wildman–Crippen MR) is 139 cm³/mol. The third-order valence-corrected chi connectivity index (χ3v) is 8.76. The SMILES string of the molecule is CCC/C(=C\c1ccc(CO)o1)CC[C@H]1OC[C@H]2C1=C(CC)C[C@H]1C(=O)N(Cc3cccs3)C(=O)[C@H]12. The van der Waals surface area contributed by atoms with Gasteiger partial charge in [-0.15, -0.1) is 11.3 Å². The molecule has 2 aromatic heterocycles. The maximum Gasteiger partial charge on any atom is 0.234 e. The Balaban J connectivity index is 1.33. The highest BCUT2D eigenvalue weighted by Crippen LogP contribution is 2.50. The van der Waals surface area contributed by atoms with E-state index in [-0.39, 0.29) is 42.3 Å². The first-order valence-electron chi connectivity index (χ1n) is 13.1. The number of likely N-dealkylation sites (tertiary alicyclic amines) is 1. The van der Waals surface area contributed by atoms with E-state index in [2.05, 4.69) is 19.9 Å². The number of aliphatic hydroxyl groups is 1. The Labute approximate surface area is 216 Å². The standard InChI is InChI=1S/C29H35NO5S/c1-3-6-18(13-20-9-10-21(16-31)35-20)8-11-25-26-19(4-2)14-23-27(24(26)17-34-25)29(33)30(28(23)32)15-22-7-5-12-36-22/h5,7,9-10,12-13,23-25,27,31H,3-4,6,8,11,14-17H2,1-2H3/b18-13+/t23-,24+,25-,27-/m1/s1. The average Bonchev–Trinajstić information content (AvgIpc) is 3.68. The number of thiophene rings is 1. The van der Waals surface area contributed by atoms with Crippen molar-refractivity contribution in [3.05, 3.63) is 62.8 Å². The van der Waals surface area contributed by atoms with Crippen molar-refractivity contribution < 1.29 is 23.8 Å². The summed E-state index contributed by atoms with van der Waals surface area (Å²) < 4.78 is 12.0. The molecule has 2 fully saturated rings. The summed E-state index contributed by atoms with van der Waals surface area (Å²) in [5.41, 5.74) is 3.89. The third-order valence-electron chi connectivity index (χ3n) is 7.90. The highest BCUT2D eigenvalue weighted by Gasteiger charge is 2.56. The Hall–Kier alpha value is -2.48. The average molecular weight is 510 g/mol. The molecule has 3 aliphatic rings. The number of furan rings is 1. The Morgan fingerprint density at radius 1 is 1.17 bits per heavy atom. The number of hydrogen-bond acceptors (Lipinski definition) is 6. The van der Waals surface area contributed by atoms with Crippen LogP contribution in [0.4, 0.5) is 0 Å². The van der Waals surface area contributed by atoms with Gasteiger partial charge in [0.1, 0.15) is 18.1 Å². The molecule has 7 heteroatoms. The maximum absolute atomic E-state index is 13.5. The molecular formula is C29H35NO5S. The minimum Gasteiger partial charge on any atom is -0.459 e. The molecule has 6 nitrogen and oxygen atoms in total. The lowest BCUT2D eigenvalue weighted by Crippen LogP contribution is -2.34. The molecule has 2 aromatic rings. The number of hydrogen-bond donors (Lipinski definition) is 1. The van der Waals surface area contributed by atoms with E-state index in [1.165, 1.54) is 21.6 Å². The van der Waals surface area contributed by atoms with Crippen LogP contribution in [-0.4, -0.2) is 34.5 Å². The molecule has 1 N–H and O–H groups in total. The van der Waals surface area contributed by atoms with Gasteiger partial charge in [-0.1, -0.05) is 37.5 Å². The van der Waals surface area contributed by atoms with Crippen LogP contribution in [0.5, 0.6) is 0 Å². The minimum absolute atomic E-state index is 0.00396. The summed E-state index contributed by atoms with van der Waals surface area (Å²) in [5.74, 6) is 0.756. The number of amides is 2. The van der Waals surface area contributed by atoms with E-state index in [0.29, 0.717) is 25.3 Å².